The maximum atomic E-state index is 13.9. The number of nitrogens with one attached hydrogen (secondary N) is 1. The minimum atomic E-state index is -0.309. The maximum absolute atomic E-state index is 13.9. The van der Waals surface area contributed by atoms with Crippen molar-refractivity contribution in [2.24, 2.45) is 0 Å². The highest BCUT2D eigenvalue weighted by atomic mass is 16.6. The number of rotatable bonds is 8. The zero-order valence-corrected chi connectivity index (χ0v) is 23.1. The monoisotopic (exact) mass is 525 g/mol. The zero-order chi connectivity index (χ0) is 26.2. The largest absolute Gasteiger partial charge is 0.482 e. The molecular weight excluding hydrogens is 478 g/mol. The molecular formula is C31H47N3O4. The van der Waals surface area contributed by atoms with Crippen LogP contribution in [0.4, 0.5) is 0 Å². The summed E-state index contributed by atoms with van der Waals surface area (Å²) in [4.78, 5) is 31.1. The van der Waals surface area contributed by atoms with Gasteiger partial charge in [0.15, 0.2) is 6.61 Å². The summed E-state index contributed by atoms with van der Waals surface area (Å²) in [5.74, 6) is 0.443. The van der Waals surface area contributed by atoms with Crippen molar-refractivity contribution in [3.05, 3.63) is 29.8 Å². The molecule has 210 valence electrons. The first-order chi connectivity index (χ1) is 18.7. The average molecular weight is 526 g/mol. The second kappa shape index (κ2) is 13.8. The lowest BCUT2D eigenvalue weighted by atomic mass is 9.90. The number of hydrogen-bond donors (Lipinski definition) is 1. The van der Waals surface area contributed by atoms with Gasteiger partial charge in [0.05, 0.1) is 0 Å². The fraction of sp³-hybridized carbons (Fsp3) is 0.742. The van der Waals surface area contributed by atoms with Crippen molar-refractivity contribution in [2.75, 3.05) is 32.8 Å². The smallest absolute Gasteiger partial charge is 0.344 e. The maximum Gasteiger partial charge on any atom is 0.344 e. The molecule has 2 saturated carbocycles. The summed E-state index contributed by atoms with van der Waals surface area (Å²) in [6.07, 6.45) is 16.0. The lowest BCUT2D eigenvalue weighted by Crippen LogP contribution is -2.54. The van der Waals surface area contributed by atoms with Crippen molar-refractivity contribution in [1.29, 1.82) is 0 Å². The molecule has 7 nitrogen and oxygen atoms in total. The molecule has 2 heterocycles. The van der Waals surface area contributed by atoms with Gasteiger partial charge in [-0.2, -0.15) is 0 Å². The van der Waals surface area contributed by atoms with Gasteiger partial charge in [0.25, 0.3) is 5.91 Å². The highest BCUT2D eigenvalue weighted by Crippen LogP contribution is 2.31. The van der Waals surface area contributed by atoms with Crippen LogP contribution in [0.2, 0.25) is 0 Å². The van der Waals surface area contributed by atoms with E-state index in [2.05, 4.69) is 15.1 Å². The standard InChI is InChI=1S/C31H47N3O4/c35-30(38-29-9-5-2-6-10-29)23-37-28-13-11-24(12-14-28)31(36)34(26-7-3-1-4-8-26)27-17-21-33(22-18-27)25-15-19-32-20-16-25/h11-14,25-27,29,32H,1-10,15-23H2. The van der Waals surface area contributed by atoms with Gasteiger partial charge in [-0.15, -0.1) is 0 Å². The minimum absolute atomic E-state index is 0.0390. The third-order valence-electron chi connectivity index (χ3n) is 9.23. The molecule has 1 aromatic carbocycles. The van der Waals surface area contributed by atoms with Crippen molar-refractivity contribution < 1.29 is 19.1 Å². The van der Waals surface area contributed by atoms with E-state index in [0.29, 0.717) is 29.4 Å². The summed E-state index contributed by atoms with van der Waals surface area (Å²) in [5.41, 5.74) is 0.716. The molecule has 0 unspecified atom stereocenters. The lowest BCUT2D eigenvalue weighted by Gasteiger charge is -2.46. The van der Waals surface area contributed by atoms with E-state index in [9.17, 15) is 9.59 Å². The van der Waals surface area contributed by atoms with E-state index in [-0.39, 0.29) is 24.6 Å². The number of carbonyl (C=O) groups is 2. The van der Waals surface area contributed by atoms with Gasteiger partial charge < -0.3 is 24.6 Å². The Labute approximate surface area is 228 Å². The molecule has 0 bridgehead atoms. The molecule has 1 aromatic rings. The van der Waals surface area contributed by atoms with E-state index in [0.717, 1.165) is 77.5 Å². The summed E-state index contributed by atoms with van der Waals surface area (Å²) in [6.45, 7) is 4.34. The van der Waals surface area contributed by atoms with E-state index in [4.69, 9.17) is 9.47 Å². The van der Waals surface area contributed by atoms with Gasteiger partial charge in [0.2, 0.25) is 0 Å². The van der Waals surface area contributed by atoms with Crippen molar-refractivity contribution in [3.63, 3.8) is 0 Å². The normalized spacial score (nSPS) is 23.2. The molecule has 1 N–H and O–H groups in total. The Kier molecular flexibility index (Phi) is 9.96. The summed E-state index contributed by atoms with van der Waals surface area (Å²) in [5, 5.41) is 3.48. The molecule has 2 aliphatic heterocycles. The predicted octanol–water partition coefficient (Wildman–Crippen LogP) is 4.93. The molecule has 4 fully saturated rings. The fourth-order valence-electron chi connectivity index (χ4n) is 7.08. The quantitative estimate of drug-likeness (QED) is 0.485. The van der Waals surface area contributed by atoms with Gasteiger partial charge in [0, 0.05) is 36.8 Å². The minimum Gasteiger partial charge on any atom is -0.482 e. The second-order valence-electron chi connectivity index (χ2n) is 11.8. The van der Waals surface area contributed by atoms with Crippen LogP contribution in [0.3, 0.4) is 0 Å². The summed E-state index contributed by atoms with van der Waals surface area (Å²) in [7, 11) is 0. The Bertz CT molecular complexity index is 881. The number of likely N-dealkylation sites (tertiary alicyclic amines) is 1. The first-order valence-electron chi connectivity index (χ1n) is 15.4. The Morgan fingerprint density at radius 2 is 1.39 bits per heavy atom. The lowest BCUT2D eigenvalue weighted by molar-refractivity contribution is -0.152. The Morgan fingerprint density at radius 1 is 0.789 bits per heavy atom. The molecule has 38 heavy (non-hydrogen) atoms. The Morgan fingerprint density at radius 3 is 2.05 bits per heavy atom. The highest BCUT2D eigenvalue weighted by Gasteiger charge is 2.35. The van der Waals surface area contributed by atoms with Crippen molar-refractivity contribution in [3.8, 4) is 5.75 Å². The van der Waals surface area contributed by atoms with Crippen LogP contribution in [0, 0.1) is 0 Å². The molecule has 1 amide bonds. The molecule has 2 aliphatic carbocycles. The number of ether oxygens (including phenoxy) is 2. The SMILES string of the molecule is O=C(COc1ccc(C(=O)N(C2CCCCC2)C2CCN(C3CCNCC3)CC2)cc1)OC1CCCCC1. The highest BCUT2D eigenvalue weighted by molar-refractivity contribution is 5.94. The van der Waals surface area contributed by atoms with E-state index >= 15 is 0 Å². The number of hydrogen-bond acceptors (Lipinski definition) is 6. The first kappa shape index (κ1) is 27.4. The van der Waals surface area contributed by atoms with Gasteiger partial charge in [-0.05, 0) is 102 Å². The van der Waals surface area contributed by atoms with Crippen molar-refractivity contribution in [2.45, 2.75) is 114 Å². The van der Waals surface area contributed by atoms with Gasteiger partial charge in [-0.25, -0.2) is 4.79 Å². The molecule has 2 saturated heterocycles. The second-order valence-corrected chi connectivity index (χ2v) is 11.8. The van der Waals surface area contributed by atoms with Crippen LogP contribution in [0.1, 0.15) is 100 Å². The molecule has 0 spiro atoms. The van der Waals surface area contributed by atoms with Crippen molar-refractivity contribution >= 4 is 11.9 Å². The molecule has 0 radical (unpaired) electrons. The summed E-state index contributed by atoms with van der Waals surface area (Å²) >= 11 is 0. The number of benzene rings is 1. The van der Waals surface area contributed by atoms with Crippen LogP contribution in [-0.2, 0) is 9.53 Å². The number of esters is 1. The molecule has 0 atom stereocenters. The van der Waals surface area contributed by atoms with Gasteiger partial charge in [-0.1, -0.05) is 25.7 Å². The van der Waals surface area contributed by atoms with E-state index < -0.39 is 0 Å². The Hall–Kier alpha value is -2.12. The number of carbonyl (C=O) groups excluding carboxylic acids is 2. The summed E-state index contributed by atoms with van der Waals surface area (Å²) < 4.78 is 11.3. The molecule has 4 aliphatic rings. The van der Waals surface area contributed by atoms with Crippen LogP contribution >= 0.6 is 0 Å². The predicted molar refractivity (Wildman–Crippen MR) is 148 cm³/mol. The third-order valence-corrected chi connectivity index (χ3v) is 9.23. The van der Waals surface area contributed by atoms with Gasteiger partial charge in [0.1, 0.15) is 11.9 Å². The van der Waals surface area contributed by atoms with Crippen LogP contribution in [0.15, 0.2) is 24.3 Å². The topological polar surface area (TPSA) is 71.1 Å². The van der Waals surface area contributed by atoms with Crippen LogP contribution in [-0.4, -0.2) is 78.7 Å². The number of nitrogens with zero attached hydrogens (tertiary/aromatic N) is 2. The van der Waals surface area contributed by atoms with Gasteiger partial charge >= 0.3 is 5.97 Å². The number of piperidine rings is 2. The zero-order valence-electron chi connectivity index (χ0n) is 23.1. The van der Waals surface area contributed by atoms with Crippen molar-refractivity contribution in [1.82, 2.24) is 15.1 Å². The van der Waals surface area contributed by atoms with Gasteiger partial charge in [-0.3, -0.25) is 4.79 Å². The first-order valence-corrected chi connectivity index (χ1v) is 15.4. The van der Waals surface area contributed by atoms with E-state index in [1.807, 2.05) is 24.3 Å². The number of amides is 1. The average Bonchev–Trinajstić information content (AvgIpc) is 2.98. The fourth-order valence-corrected chi connectivity index (χ4v) is 7.08. The van der Waals surface area contributed by atoms with Crippen LogP contribution < -0.4 is 10.1 Å². The van der Waals surface area contributed by atoms with E-state index in [1.165, 1.54) is 38.5 Å². The van der Waals surface area contributed by atoms with Crippen LogP contribution in [0.25, 0.3) is 0 Å². The Balaban J connectivity index is 1.17. The van der Waals surface area contributed by atoms with Crippen LogP contribution in [0.5, 0.6) is 5.75 Å². The third kappa shape index (κ3) is 7.29. The molecule has 0 aromatic heterocycles. The van der Waals surface area contributed by atoms with E-state index in [1.54, 1.807) is 0 Å². The summed E-state index contributed by atoms with van der Waals surface area (Å²) in [6, 6.07) is 8.73. The molecule has 5 rings (SSSR count). The molecule has 7 heteroatoms.